The van der Waals surface area contributed by atoms with Gasteiger partial charge < -0.3 is 18.6 Å². The first-order chi connectivity index (χ1) is 13.0. The molecule has 1 saturated heterocycles. The van der Waals surface area contributed by atoms with Crippen LogP contribution in [0, 0.1) is 0 Å². The first kappa shape index (κ1) is 21.3. The van der Waals surface area contributed by atoms with Crippen molar-refractivity contribution in [2.75, 3.05) is 6.61 Å². The molecule has 152 valence electrons. The van der Waals surface area contributed by atoms with Crippen LogP contribution in [0.3, 0.4) is 0 Å². The molecule has 5 nitrogen and oxygen atoms in total. The Hall–Kier alpha value is -1.41. The summed E-state index contributed by atoms with van der Waals surface area (Å²) in [4.78, 5) is 4.69. The largest absolute Gasteiger partial charge is 0.514 e. The molecule has 3 rings (SSSR count). The molecule has 0 amide bonds. The number of benzene rings is 1. The zero-order valence-corrected chi connectivity index (χ0v) is 19.3. The van der Waals surface area contributed by atoms with E-state index in [9.17, 15) is 0 Å². The number of ether oxygens (including phenoxy) is 1. The molecule has 1 aromatic heterocycles. The molecule has 0 radical (unpaired) electrons. The molecule has 0 bridgehead atoms. The highest BCUT2D eigenvalue weighted by Gasteiger charge is 2.53. The van der Waals surface area contributed by atoms with Gasteiger partial charge in [0.15, 0.2) is 0 Å². The van der Waals surface area contributed by atoms with Crippen LogP contribution in [0.25, 0.3) is 11.3 Å². The van der Waals surface area contributed by atoms with E-state index < -0.39 is 26.4 Å². The number of aromatic nitrogens is 2. The SMILES string of the molecule is CC1(C)OB(c2c(-c3ccccc3)ncn2COCC[Si](C)(C)C)OC1(C)C. The van der Waals surface area contributed by atoms with Gasteiger partial charge >= 0.3 is 7.12 Å². The molecular formula is C21H33BN2O3Si. The lowest BCUT2D eigenvalue weighted by Gasteiger charge is -2.32. The third-order valence-corrected chi connectivity index (χ3v) is 7.33. The third-order valence-electron chi connectivity index (χ3n) is 5.63. The van der Waals surface area contributed by atoms with E-state index >= 15 is 0 Å². The maximum absolute atomic E-state index is 6.34. The van der Waals surface area contributed by atoms with Gasteiger partial charge in [0.25, 0.3) is 0 Å². The Morgan fingerprint density at radius 3 is 2.21 bits per heavy atom. The second-order valence-electron chi connectivity index (χ2n) is 9.75. The highest BCUT2D eigenvalue weighted by molar-refractivity contribution is 6.76. The molecule has 28 heavy (non-hydrogen) atoms. The highest BCUT2D eigenvalue weighted by Crippen LogP contribution is 2.37. The number of imidazole rings is 1. The fourth-order valence-electron chi connectivity index (χ4n) is 3.06. The Morgan fingerprint density at radius 1 is 1.04 bits per heavy atom. The lowest BCUT2D eigenvalue weighted by molar-refractivity contribution is 0.00578. The van der Waals surface area contributed by atoms with E-state index in [0.717, 1.165) is 29.5 Å². The van der Waals surface area contributed by atoms with Gasteiger partial charge in [0, 0.05) is 20.2 Å². The van der Waals surface area contributed by atoms with Crippen LogP contribution in [-0.2, 0) is 20.8 Å². The molecule has 0 saturated carbocycles. The van der Waals surface area contributed by atoms with Gasteiger partial charge in [-0.05, 0) is 33.7 Å². The number of rotatable bonds is 7. The van der Waals surface area contributed by atoms with E-state index in [1.807, 2.05) is 29.1 Å². The van der Waals surface area contributed by atoms with E-state index in [1.54, 1.807) is 0 Å². The quantitative estimate of drug-likeness (QED) is 0.517. The topological polar surface area (TPSA) is 45.5 Å². The van der Waals surface area contributed by atoms with E-state index in [4.69, 9.17) is 14.0 Å². The van der Waals surface area contributed by atoms with Crippen LogP contribution in [0.15, 0.2) is 36.7 Å². The summed E-state index contributed by atoms with van der Waals surface area (Å²) in [5, 5.41) is 0. The minimum atomic E-state index is -1.12. The van der Waals surface area contributed by atoms with Crippen LogP contribution in [0.4, 0.5) is 0 Å². The molecule has 0 spiro atoms. The molecule has 2 heterocycles. The molecule has 0 N–H and O–H groups in total. The van der Waals surface area contributed by atoms with Gasteiger partial charge in [-0.2, -0.15) is 0 Å². The Bertz CT molecular complexity index is 784. The fraction of sp³-hybridized carbons (Fsp3) is 0.571. The molecule has 1 aliphatic heterocycles. The number of hydrogen-bond acceptors (Lipinski definition) is 4. The lowest BCUT2D eigenvalue weighted by atomic mass is 9.81. The summed E-state index contributed by atoms with van der Waals surface area (Å²) in [6.45, 7) is 16.6. The highest BCUT2D eigenvalue weighted by atomic mass is 28.3. The minimum absolute atomic E-state index is 0.403. The van der Waals surface area contributed by atoms with E-state index in [1.165, 1.54) is 0 Å². The predicted molar refractivity (Wildman–Crippen MR) is 117 cm³/mol. The Labute approximate surface area is 170 Å². The van der Waals surface area contributed by atoms with Crippen molar-refractivity contribution < 1.29 is 14.0 Å². The molecule has 1 aliphatic rings. The van der Waals surface area contributed by atoms with Crippen LogP contribution in [0.1, 0.15) is 27.7 Å². The predicted octanol–water partition coefficient (Wildman–Crippen LogP) is 4.16. The Kier molecular flexibility index (Phi) is 5.92. The van der Waals surface area contributed by atoms with E-state index in [2.05, 4.69) is 64.5 Å². The molecule has 0 atom stereocenters. The van der Waals surface area contributed by atoms with Crippen LogP contribution in [-0.4, -0.2) is 42.6 Å². The number of hydrogen-bond donors (Lipinski definition) is 0. The average Bonchev–Trinajstić information content (AvgIpc) is 3.10. The smallest absolute Gasteiger partial charge is 0.398 e. The van der Waals surface area contributed by atoms with Crippen molar-refractivity contribution in [1.29, 1.82) is 0 Å². The monoisotopic (exact) mass is 400 g/mol. The maximum Gasteiger partial charge on any atom is 0.514 e. The van der Waals surface area contributed by atoms with Crippen LogP contribution in [0.5, 0.6) is 0 Å². The van der Waals surface area contributed by atoms with E-state index in [0.29, 0.717) is 6.73 Å². The van der Waals surface area contributed by atoms with Crippen LogP contribution < -0.4 is 5.59 Å². The van der Waals surface area contributed by atoms with Gasteiger partial charge in [-0.25, -0.2) is 4.98 Å². The molecule has 0 unspecified atom stereocenters. The summed E-state index contributed by atoms with van der Waals surface area (Å²) in [5.74, 6) is 0. The second-order valence-corrected chi connectivity index (χ2v) is 15.4. The zero-order chi connectivity index (χ0) is 20.6. The van der Waals surface area contributed by atoms with Gasteiger partial charge in [-0.1, -0.05) is 50.0 Å². The normalized spacial score (nSPS) is 18.6. The van der Waals surface area contributed by atoms with Gasteiger partial charge in [0.2, 0.25) is 0 Å². The van der Waals surface area contributed by atoms with Crippen molar-refractivity contribution in [3.8, 4) is 11.3 Å². The summed E-state index contributed by atoms with van der Waals surface area (Å²) in [7, 11) is -1.60. The van der Waals surface area contributed by atoms with Gasteiger partial charge in [-0.15, -0.1) is 0 Å². The summed E-state index contributed by atoms with van der Waals surface area (Å²) >= 11 is 0. The fourth-order valence-corrected chi connectivity index (χ4v) is 3.81. The second kappa shape index (κ2) is 7.78. The van der Waals surface area contributed by atoms with Crippen molar-refractivity contribution in [3.63, 3.8) is 0 Å². The summed E-state index contributed by atoms with van der Waals surface area (Å²) in [5.41, 5.74) is 2.04. The van der Waals surface area contributed by atoms with E-state index in [-0.39, 0.29) is 0 Å². The number of nitrogens with zero attached hydrogens (tertiary/aromatic N) is 2. The molecular weight excluding hydrogens is 367 g/mol. The summed E-state index contributed by atoms with van der Waals surface area (Å²) in [6, 6.07) is 11.3. The summed E-state index contributed by atoms with van der Waals surface area (Å²) < 4.78 is 20.7. The first-order valence-corrected chi connectivity index (χ1v) is 13.7. The van der Waals surface area contributed by atoms with Crippen molar-refractivity contribution in [2.24, 2.45) is 0 Å². The summed E-state index contributed by atoms with van der Waals surface area (Å²) in [6.07, 6.45) is 1.83. The first-order valence-electron chi connectivity index (χ1n) is 10.0. The Balaban J connectivity index is 1.88. The van der Waals surface area contributed by atoms with Crippen molar-refractivity contribution in [2.45, 2.75) is 71.3 Å². The molecule has 1 aromatic carbocycles. The minimum Gasteiger partial charge on any atom is -0.398 e. The van der Waals surface area contributed by atoms with Crippen LogP contribution >= 0.6 is 0 Å². The maximum atomic E-state index is 6.34. The molecule has 1 fully saturated rings. The molecule has 7 heteroatoms. The lowest BCUT2D eigenvalue weighted by Crippen LogP contribution is -2.41. The van der Waals surface area contributed by atoms with Gasteiger partial charge in [0.1, 0.15) is 6.73 Å². The third kappa shape index (κ3) is 4.59. The Morgan fingerprint density at radius 2 is 1.64 bits per heavy atom. The van der Waals surface area contributed by atoms with Gasteiger partial charge in [-0.3, -0.25) is 0 Å². The van der Waals surface area contributed by atoms with Crippen molar-refractivity contribution >= 4 is 20.8 Å². The average molecular weight is 400 g/mol. The van der Waals surface area contributed by atoms with Gasteiger partial charge in [0.05, 0.1) is 28.8 Å². The standard InChI is InChI=1S/C21H33BN2O3Si/c1-20(2)21(3,4)27-22(26-20)19-18(17-11-9-8-10-12-17)23-15-24(19)16-25-13-14-28(5,6)7/h8-12,15H,13-14,16H2,1-7H3. The van der Waals surface area contributed by atoms with Crippen LogP contribution in [0.2, 0.25) is 25.7 Å². The molecule has 2 aromatic rings. The van der Waals surface area contributed by atoms with Crippen molar-refractivity contribution in [3.05, 3.63) is 36.7 Å². The molecule has 0 aliphatic carbocycles. The van der Waals surface area contributed by atoms with Crippen molar-refractivity contribution in [1.82, 2.24) is 9.55 Å². The zero-order valence-electron chi connectivity index (χ0n) is 18.3.